The number of carbonyl (C=O) groups is 2. The van der Waals surface area contributed by atoms with Crippen molar-refractivity contribution >= 4 is 11.9 Å². The Bertz CT molecular complexity index is 177. The molecule has 2 N–H and O–H groups in total. The molecular formula is C8H15NO3. The van der Waals surface area contributed by atoms with Gasteiger partial charge in [-0.25, -0.2) is 0 Å². The Morgan fingerprint density at radius 2 is 1.83 bits per heavy atom. The number of rotatable bonds is 4. The predicted octanol–water partition coefficient (Wildman–Crippen LogP) is 0.479. The Morgan fingerprint density at radius 1 is 1.33 bits per heavy atom. The topological polar surface area (TPSA) is 66.4 Å². The van der Waals surface area contributed by atoms with Crippen LogP contribution in [0.3, 0.4) is 0 Å². The first kappa shape index (κ1) is 10.9. The summed E-state index contributed by atoms with van der Waals surface area (Å²) in [6, 6.07) is 0. The van der Waals surface area contributed by atoms with E-state index in [2.05, 4.69) is 5.32 Å². The average molecular weight is 173 g/mol. The number of carboxylic acid groups (broad SMARTS) is 1. The smallest absolute Gasteiger partial charge is 0.322 e. The van der Waals surface area contributed by atoms with Crippen molar-refractivity contribution in [1.29, 1.82) is 0 Å². The van der Waals surface area contributed by atoms with Gasteiger partial charge in [-0.2, -0.15) is 0 Å². The molecule has 0 aromatic carbocycles. The highest BCUT2D eigenvalue weighted by Gasteiger charge is 2.16. The van der Waals surface area contributed by atoms with E-state index in [0.717, 1.165) is 0 Å². The molecule has 0 bridgehead atoms. The molecule has 4 heteroatoms. The van der Waals surface area contributed by atoms with Crippen molar-refractivity contribution in [2.45, 2.75) is 20.8 Å². The molecular weight excluding hydrogens is 158 g/mol. The normalized spacial score (nSPS) is 12.7. The Morgan fingerprint density at radius 3 is 2.17 bits per heavy atom. The summed E-state index contributed by atoms with van der Waals surface area (Å²) in [5.74, 6) is -1.12. The van der Waals surface area contributed by atoms with Crippen LogP contribution in [0.2, 0.25) is 0 Å². The van der Waals surface area contributed by atoms with E-state index < -0.39 is 5.97 Å². The Balaban J connectivity index is 3.80. The number of hydrogen-bond acceptors (Lipinski definition) is 2. The van der Waals surface area contributed by atoms with Gasteiger partial charge >= 0.3 is 5.97 Å². The molecule has 0 spiro atoms. The summed E-state index contributed by atoms with van der Waals surface area (Å²) in [4.78, 5) is 21.2. The lowest BCUT2D eigenvalue weighted by Gasteiger charge is -2.13. The summed E-state index contributed by atoms with van der Waals surface area (Å²) >= 11 is 0. The highest BCUT2D eigenvalue weighted by atomic mass is 16.4. The fourth-order valence-electron chi connectivity index (χ4n) is 0.626. The molecule has 1 amide bonds. The second kappa shape index (κ2) is 4.74. The summed E-state index contributed by atoms with van der Waals surface area (Å²) < 4.78 is 0. The summed E-state index contributed by atoms with van der Waals surface area (Å²) in [7, 11) is 0. The van der Waals surface area contributed by atoms with Crippen molar-refractivity contribution in [2.75, 3.05) is 6.54 Å². The molecule has 0 fully saturated rings. The van der Waals surface area contributed by atoms with Crippen LogP contribution in [-0.4, -0.2) is 23.5 Å². The maximum Gasteiger partial charge on any atom is 0.322 e. The molecule has 0 aromatic heterocycles. The zero-order valence-electron chi connectivity index (χ0n) is 7.63. The minimum Gasteiger partial charge on any atom is -0.480 e. The molecule has 70 valence electrons. The third-order valence-corrected chi connectivity index (χ3v) is 1.83. The summed E-state index contributed by atoms with van der Waals surface area (Å²) in [5.41, 5.74) is 0. The lowest BCUT2D eigenvalue weighted by atomic mass is 9.97. The van der Waals surface area contributed by atoms with Gasteiger partial charge in [-0.1, -0.05) is 20.8 Å². The Labute approximate surface area is 72.0 Å². The van der Waals surface area contributed by atoms with Crippen LogP contribution < -0.4 is 5.32 Å². The van der Waals surface area contributed by atoms with Crippen LogP contribution in [0.5, 0.6) is 0 Å². The maximum absolute atomic E-state index is 11.1. The summed E-state index contributed by atoms with van der Waals surface area (Å²) in [6.45, 7) is 5.33. The fraction of sp³-hybridized carbons (Fsp3) is 0.750. The first-order valence-electron chi connectivity index (χ1n) is 3.94. The first-order valence-corrected chi connectivity index (χ1v) is 3.94. The molecule has 0 radical (unpaired) electrons. The van der Waals surface area contributed by atoms with E-state index in [1.807, 2.05) is 13.8 Å². The van der Waals surface area contributed by atoms with Gasteiger partial charge in [0.25, 0.3) is 0 Å². The van der Waals surface area contributed by atoms with Crippen LogP contribution in [0.25, 0.3) is 0 Å². The van der Waals surface area contributed by atoms with Gasteiger partial charge in [0.1, 0.15) is 6.54 Å². The van der Waals surface area contributed by atoms with E-state index in [1.165, 1.54) is 0 Å². The molecule has 12 heavy (non-hydrogen) atoms. The van der Waals surface area contributed by atoms with Gasteiger partial charge in [-0.15, -0.1) is 0 Å². The third kappa shape index (κ3) is 3.95. The van der Waals surface area contributed by atoms with Crippen LogP contribution in [0, 0.1) is 11.8 Å². The lowest BCUT2D eigenvalue weighted by Crippen LogP contribution is -2.35. The molecule has 4 nitrogen and oxygen atoms in total. The van der Waals surface area contributed by atoms with Crippen molar-refractivity contribution in [1.82, 2.24) is 5.32 Å². The number of nitrogens with one attached hydrogen (secondary N) is 1. The van der Waals surface area contributed by atoms with E-state index in [-0.39, 0.29) is 24.3 Å². The monoisotopic (exact) mass is 173 g/mol. The van der Waals surface area contributed by atoms with E-state index >= 15 is 0 Å². The quantitative estimate of drug-likeness (QED) is 0.649. The molecule has 1 unspecified atom stereocenters. The number of carbonyl (C=O) groups excluding carboxylic acids is 1. The maximum atomic E-state index is 11.1. The number of aliphatic carboxylic acids is 1. The minimum atomic E-state index is -1.01. The van der Waals surface area contributed by atoms with Crippen LogP contribution in [0.1, 0.15) is 20.8 Å². The van der Waals surface area contributed by atoms with Gasteiger partial charge in [0.2, 0.25) is 5.91 Å². The molecule has 0 heterocycles. The van der Waals surface area contributed by atoms with Crippen molar-refractivity contribution in [2.24, 2.45) is 11.8 Å². The van der Waals surface area contributed by atoms with Crippen LogP contribution in [0.4, 0.5) is 0 Å². The second-order valence-corrected chi connectivity index (χ2v) is 3.14. The van der Waals surface area contributed by atoms with E-state index in [1.54, 1.807) is 6.92 Å². The molecule has 0 aliphatic rings. The van der Waals surface area contributed by atoms with Gasteiger partial charge < -0.3 is 10.4 Å². The molecule has 0 rings (SSSR count). The van der Waals surface area contributed by atoms with E-state index in [4.69, 9.17) is 5.11 Å². The van der Waals surface area contributed by atoms with Crippen molar-refractivity contribution < 1.29 is 14.7 Å². The zero-order valence-corrected chi connectivity index (χ0v) is 7.63. The number of amides is 1. The standard InChI is InChI=1S/C8H15NO3/c1-5(2)6(3)8(12)9-4-7(10)11/h5-6H,4H2,1-3H3,(H,9,12)(H,10,11). The fourth-order valence-corrected chi connectivity index (χ4v) is 0.626. The van der Waals surface area contributed by atoms with Gasteiger partial charge in [0.05, 0.1) is 0 Å². The lowest BCUT2D eigenvalue weighted by molar-refractivity contribution is -0.138. The highest BCUT2D eigenvalue weighted by Crippen LogP contribution is 2.08. The zero-order chi connectivity index (χ0) is 9.72. The largest absolute Gasteiger partial charge is 0.480 e. The van der Waals surface area contributed by atoms with Gasteiger partial charge in [-0.3, -0.25) is 9.59 Å². The Kier molecular flexibility index (Phi) is 4.33. The van der Waals surface area contributed by atoms with Crippen LogP contribution >= 0.6 is 0 Å². The van der Waals surface area contributed by atoms with Crippen LogP contribution in [-0.2, 0) is 9.59 Å². The Hall–Kier alpha value is -1.06. The molecule has 1 atom stereocenters. The number of carboxylic acids is 1. The third-order valence-electron chi connectivity index (χ3n) is 1.83. The molecule has 0 aliphatic carbocycles. The van der Waals surface area contributed by atoms with Gasteiger partial charge in [-0.05, 0) is 5.92 Å². The molecule has 0 aliphatic heterocycles. The average Bonchev–Trinajstić information content (AvgIpc) is 1.98. The van der Waals surface area contributed by atoms with Crippen molar-refractivity contribution in [3.63, 3.8) is 0 Å². The highest BCUT2D eigenvalue weighted by molar-refractivity contribution is 5.82. The molecule has 0 saturated heterocycles. The van der Waals surface area contributed by atoms with Gasteiger partial charge in [0, 0.05) is 5.92 Å². The summed E-state index contributed by atoms with van der Waals surface area (Å²) in [6.07, 6.45) is 0. The number of hydrogen-bond donors (Lipinski definition) is 2. The minimum absolute atomic E-state index is 0.135. The first-order chi connectivity index (χ1) is 5.45. The van der Waals surface area contributed by atoms with Crippen LogP contribution in [0.15, 0.2) is 0 Å². The summed E-state index contributed by atoms with van der Waals surface area (Å²) in [5, 5.41) is 10.6. The SMILES string of the molecule is CC(C)C(C)C(=O)NCC(=O)O. The van der Waals surface area contributed by atoms with E-state index in [9.17, 15) is 9.59 Å². The van der Waals surface area contributed by atoms with Crippen molar-refractivity contribution in [3.8, 4) is 0 Å². The van der Waals surface area contributed by atoms with Gasteiger partial charge in [0.15, 0.2) is 0 Å². The van der Waals surface area contributed by atoms with Crippen molar-refractivity contribution in [3.05, 3.63) is 0 Å². The molecule has 0 saturated carbocycles. The molecule has 0 aromatic rings. The second-order valence-electron chi connectivity index (χ2n) is 3.14. The predicted molar refractivity (Wildman–Crippen MR) is 44.6 cm³/mol. The van der Waals surface area contributed by atoms with E-state index in [0.29, 0.717) is 0 Å².